The Balaban J connectivity index is 2.30. The molecule has 1 aromatic heterocycles. The molecule has 0 aliphatic rings. The van der Waals surface area contributed by atoms with Crippen LogP contribution in [0.15, 0.2) is 47.2 Å². The fourth-order valence-electron chi connectivity index (χ4n) is 1.30. The lowest BCUT2D eigenvalue weighted by atomic mass is 10.2. The highest BCUT2D eigenvalue weighted by Gasteiger charge is 2.05. The summed E-state index contributed by atoms with van der Waals surface area (Å²) in [7, 11) is 0. The third-order valence-electron chi connectivity index (χ3n) is 2.10. The van der Waals surface area contributed by atoms with E-state index in [2.05, 4.69) is 20.9 Å². The first-order valence-electron chi connectivity index (χ1n) is 4.77. The first-order chi connectivity index (χ1) is 7.81. The number of aliphatic hydroxyl groups is 1. The van der Waals surface area contributed by atoms with Gasteiger partial charge in [-0.15, -0.1) is 0 Å². The number of rotatable bonds is 3. The van der Waals surface area contributed by atoms with Crippen LogP contribution in [0.25, 0.3) is 0 Å². The molecule has 0 atom stereocenters. The lowest BCUT2D eigenvalue weighted by Gasteiger charge is -2.10. The highest BCUT2D eigenvalue weighted by atomic mass is 79.9. The quantitative estimate of drug-likeness (QED) is 0.939. The Kier molecular flexibility index (Phi) is 3.54. The molecule has 0 fully saturated rings. The molecule has 0 amide bonds. The van der Waals surface area contributed by atoms with E-state index in [1.54, 1.807) is 18.5 Å². The minimum atomic E-state index is -0.0428. The van der Waals surface area contributed by atoms with E-state index in [1.165, 1.54) is 0 Å². The zero-order valence-electron chi connectivity index (χ0n) is 8.43. The smallest absolute Gasteiger partial charge is 0.144 e. The molecule has 82 valence electrons. The number of halogens is 1. The Bertz CT molecular complexity index is 488. The van der Waals surface area contributed by atoms with Crippen LogP contribution in [0.2, 0.25) is 0 Å². The van der Waals surface area contributed by atoms with Gasteiger partial charge in [0, 0.05) is 24.0 Å². The highest BCUT2D eigenvalue weighted by Crippen LogP contribution is 2.30. The van der Waals surface area contributed by atoms with Gasteiger partial charge in [-0.3, -0.25) is 4.98 Å². The number of pyridine rings is 1. The van der Waals surface area contributed by atoms with Gasteiger partial charge in [0.1, 0.15) is 11.5 Å². The molecule has 1 aromatic carbocycles. The Morgan fingerprint density at radius 3 is 2.75 bits per heavy atom. The number of hydrogen-bond acceptors (Lipinski definition) is 3. The number of hydrogen-bond donors (Lipinski definition) is 1. The number of aliphatic hydroxyl groups excluding tert-OH is 1. The van der Waals surface area contributed by atoms with Crippen molar-refractivity contribution in [2.24, 2.45) is 0 Å². The predicted octanol–water partition coefficient (Wildman–Crippen LogP) is 3.13. The van der Waals surface area contributed by atoms with Crippen molar-refractivity contribution in [2.45, 2.75) is 6.61 Å². The van der Waals surface area contributed by atoms with E-state index < -0.39 is 0 Å². The average Bonchev–Trinajstić information content (AvgIpc) is 2.33. The van der Waals surface area contributed by atoms with Crippen molar-refractivity contribution < 1.29 is 9.84 Å². The topological polar surface area (TPSA) is 42.4 Å². The van der Waals surface area contributed by atoms with E-state index in [0.717, 1.165) is 10.0 Å². The molecule has 0 saturated heterocycles. The summed E-state index contributed by atoms with van der Waals surface area (Å²) in [5, 5.41) is 9.16. The second kappa shape index (κ2) is 5.09. The summed E-state index contributed by atoms with van der Waals surface area (Å²) in [6.45, 7) is -0.0428. The van der Waals surface area contributed by atoms with Crippen LogP contribution in [0.4, 0.5) is 0 Å². The minimum Gasteiger partial charge on any atom is -0.456 e. The van der Waals surface area contributed by atoms with Crippen LogP contribution >= 0.6 is 15.9 Å². The van der Waals surface area contributed by atoms with Crippen molar-refractivity contribution in [3.05, 3.63) is 52.8 Å². The normalized spacial score (nSPS) is 10.1. The molecule has 1 heterocycles. The van der Waals surface area contributed by atoms with Crippen LogP contribution in [0.3, 0.4) is 0 Å². The van der Waals surface area contributed by atoms with Gasteiger partial charge in [0.15, 0.2) is 0 Å². The van der Waals surface area contributed by atoms with Crippen LogP contribution in [0.1, 0.15) is 5.56 Å². The molecule has 0 saturated carbocycles. The summed E-state index contributed by atoms with van der Waals surface area (Å²) in [5.74, 6) is 1.33. The van der Waals surface area contributed by atoms with Crippen LogP contribution in [0, 0.1) is 0 Å². The molecular weight excluding hydrogens is 270 g/mol. The van der Waals surface area contributed by atoms with Crippen molar-refractivity contribution in [1.82, 2.24) is 4.98 Å². The third kappa shape index (κ3) is 2.40. The number of nitrogens with zero attached hydrogens (tertiary/aromatic N) is 1. The van der Waals surface area contributed by atoms with Gasteiger partial charge in [-0.25, -0.2) is 0 Å². The lowest BCUT2D eigenvalue weighted by molar-refractivity contribution is 0.276. The monoisotopic (exact) mass is 279 g/mol. The summed E-state index contributed by atoms with van der Waals surface area (Å²) < 4.78 is 6.46. The molecule has 2 aromatic rings. The van der Waals surface area contributed by atoms with Crippen molar-refractivity contribution in [3.8, 4) is 11.5 Å². The summed E-state index contributed by atoms with van der Waals surface area (Å²) >= 11 is 3.35. The molecule has 2 rings (SSSR count). The van der Waals surface area contributed by atoms with Crippen LogP contribution in [-0.4, -0.2) is 10.1 Å². The Hall–Kier alpha value is -1.39. The minimum absolute atomic E-state index is 0.0428. The van der Waals surface area contributed by atoms with Crippen molar-refractivity contribution >= 4 is 15.9 Å². The van der Waals surface area contributed by atoms with Gasteiger partial charge < -0.3 is 9.84 Å². The van der Waals surface area contributed by atoms with E-state index in [-0.39, 0.29) is 6.61 Å². The predicted molar refractivity (Wildman–Crippen MR) is 64.4 cm³/mol. The van der Waals surface area contributed by atoms with Crippen LogP contribution in [-0.2, 0) is 6.61 Å². The van der Waals surface area contributed by atoms with Gasteiger partial charge in [0.2, 0.25) is 0 Å². The number of benzene rings is 1. The third-order valence-corrected chi connectivity index (χ3v) is 2.69. The lowest BCUT2D eigenvalue weighted by Crippen LogP contribution is -1.92. The van der Waals surface area contributed by atoms with Gasteiger partial charge in [0.25, 0.3) is 0 Å². The zero-order chi connectivity index (χ0) is 11.4. The molecule has 0 bridgehead atoms. The van der Waals surface area contributed by atoms with E-state index in [9.17, 15) is 0 Å². The summed E-state index contributed by atoms with van der Waals surface area (Å²) in [6, 6.07) is 9.13. The Morgan fingerprint density at radius 1 is 1.19 bits per heavy atom. The highest BCUT2D eigenvalue weighted by molar-refractivity contribution is 9.10. The van der Waals surface area contributed by atoms with Crippen molar-refractivity contribution in [1.29, 1.82) is 0 Å². The molecule has 0 unspecified atom stereocenters. The van der Waals surface area contributed by atoms with E-state index in [1.807, 2.05) is 24.3 Å². The molecular formula is C12H10BrNO2. The first-order valence-corrected chi connectivity index (χ1v) is 5.56. The van der Waals surface area contributed by atoms with Gasteiger partial charge >= 0.3 is 0 Å². The molecule has 0 aliphatic heterocycles. The number of ether oxygens (including phenoxy) is 1. The molecule has 0 spiro atoms. The zero-order valence-corrected chi connectivity index (χ0v) is 10.0. The molecule has 0 radical (unpaired) electrons. The van der Waals surface area contributed by atoms with E-state index in [0.29, 0.717) is 11.5 Å². The Morgan fingerprint density at radius 2 is 2.00 bits per heavy atom. The fourth-order valence-corrected chi connectivity index (χ4v) is 1.63. The Labute approximate surface area is 102 Å². The molecule has 0 aliphatic carbocycles. The van der Waals surface area contributed by atoms with Crippen molar-refractivity contribution in [2.75, 3.05) is 0 Å². The summed E-state index contributed by atoms with van der Waals surface area (Å²) in [4.78, 5) is 3.95. The SMILES string of the molecule is OCc1ccccc1Oc1ccncc1Br. The maximum absolute atomic E-state index is 9.16. The summed E-state index contributed by atoms with van der Waals surface area (Å²) in [5.41, 5.74) is 0.756. The molecule has 16 heavy (non-hydrogen) atoms. The molecule has 4 heteroatoms. The van der Waals surface area contributed by atoms with Gasteiger partial charge in [-0.1, -0.05) is 18.2 Å². The maximum atomic E-state index is 9.16. The second-order valence-corrected chi connectivity index (χ2v) is 4.03. The standard InChI is InChI=1S/C12H10BrNO2/c13-10-7-14-6-5-12(10)16-11-4-2-1-3-9(11)8-15/h1-7,15H,8H2. The van der Waals surface area contributed by atoms with Gasteiger partial charge in [-0.05, 0) is 22.0 Å². The van der Waals surface area contributed by atoms with Crippen LogP contribution in [0.5, 0.6) is 11.5 Å². The average molecular weight is 280 g/mol. The van der Waals surface area contributed by atoms with Gasteiger partial charge in [0.05, 0.1) is 11.1 Å². The van der Waals surface area contributed by atoms with Crippen molar-refractivity contribution in [3.63, 3.8) is 0 Å². The fraction of sp³-hybridized carbons (Fsp3) is 0.0833. The maximum Gasteiger partial charge on any atom is 0.144 e. The molecule has 3 nitrogen and oxygen atoms in total. The second-order valence-electron chi connectivity index (χ2n) is 3.17. The van der Waals surface area contributed by atoms with E-state index >= 15 is 0 Å². The largest absolute Gasteiger partial charge is 0.456 e. The molecule has 1 N–H and O–H groups in total. The van der Waals surface area contributed by atoms with Gasteiger partial charge in [-0.2, -0.15) is 0 Å². The van der Waals surface area contributed by atoms with Crippen LogP contribution < -0.4 is 4.74 Å². The first kappa shape index (κ1) is 11.1. The number of aromatic nitrogens is 1. The summed E-state index contributed by atoms with van der Waals surface area (Å²) in [6.07, 6.45) is 3.32. The number of para-hydroxylation sites is 1. The van der Waals surface area contributed by atoms with E-state index in [4.69, 9.17) is 9.84 Å².